The molecule has 0 saturated heterocycles. The number of aliphatic imine (C=N–C) groups is 1. The number of ether oxygens (including phenoxy) is 2. The first-order chi connectivity index (χ1) is 16.6. The summed E-state index contributed by atoms with van der Waals surface area (Å²) in [4.78, 5) is 16.5. The van der Waals surface area contributed by atoms with Crippen molar-refractivity contribution in [2.24, 2.45) is 4.99 Å². The fourth-order valence-corrected chi connectivity index (χ4v) is 3.22. The maximum Gasteiger partial charge on any atom is 0.262 e. The highest BCUT2D eigenvalue weighted by Gasteiger charge is 2.09. The largest absolute Gasteiger partial charge is 0.482 e. The number of benzene rings is 4. The lowest BCUT2D eigenvalue weighted by Crippen LogP contribution is -2.20. The maximum atomic E-state index is 13.6. The molecule has 5 nitrogen and oxygen atoms in total. The molecule has 0 spiro atoms. The van der Waals surface area contributed by atoms with Crippen LogP contribution in [-0.2, 0) is 4.79 Å². The number of para-hydroxylation sites is 2. The van der Waals surface area contributed by atoms with Gasteiger partial charge in [-0.15, -0.1) is 0 Å². The number of carbonyl (C=O) groups is 1. The second-order valence-electron chi connectivity index (χ2n) is 7.17. The molecule has 0 aliphatic heterocycles. The van der Waals surface area contributed by atoms with Crippen LogP contribution in [0.1, 0.15) is 5.56 Å². The van der Waals surface area contributed by atoms with Gasteiger partial charge in [0.15, 0.2) is 6.61 Å². The summed E-state index contributed by atoms with van der Waals surface area (Å²) in [6, 6.07) is 27.9. The minimum atomic E-state index is -0.518. The van der Waals surface area contributed by atoms with Gasteiger partial charge in [0, 0.05) is 6.21 Å². The maximum absolute atomic E-state index is 13.6. The fraction of sp³-hybridized carbons (Fsp3) is 0.0370. The van der Waals surface area contributed by atoms with Gasteiger partial charge < -0.3 is 14.8 Å². The Labute approximate surface area is 201 Å². The number of rotatable bonds is 8. The van der Waals surface area contributed by atoms with Crippen LogP contribution in [-0.4, -0.2) is 18.7 Å². The Balaban J connectivity index is 1.32. The molecule has 1 amide bonds. The predicted molar refractivity (Wildman–Crippen MR) is 132 cm³/mol. The van der Waals surface area contributed by atoms with Crippen molar-refractivity contribution in [1.29, 1.82) is 0 Å². The number of nitrogens with zero attached hydrogens (tertiary/aromatic N) is 1. The van der Waals surface area contributed by atoms with E-state index in [9.17, 15) is 9.18 Å². The lowest BCUT2D eigenvalue weighted by atomic mass is 10.2. The zero-order valence-corrected chi connectivity index (χ0v) is 18.7. The number of hydrogen-bond acceptors (Lipinski definition) is 4. The van der Waals surface area contributed by atoms with E-state index in [2.05, 4.69) is 10.3 Å². The van der Waals surface area contributed by atoms with Crippen LogP contribution in [0.25, 0.3) is 0 Å². The summed E-state index contributed by atoms with van der Waals surface area (Å²) in [6.07, 6.45) is 1.67. The first-order valence-corrected chi connectivity index (χ1v) is 10.8. The molecule has 0 radical (unpaired) electrons. The van der Waals surface area contributed by atoms with Crippen LogP contribution >= 0.6 is 11.6 Å². The van der Waals surface area contributed by atoms with Crippen molar-refractivity contribution in [1.82, 2.24) is 0 Å². The Morgan fingerprint density at radius 1 is 0.912 bits per heavy atom. The zero-order chi connectivity index (χ0) is 23.8. The van der Waals surface area contributed by atoms with Crippen molar-refractivity contribution in [3.05, 3.63) is 113 Å². The van der Waals surface area contributed by atoms with Gasteiger partial charge in [-0.25, -0.2) is 4.39 Å². The summed E-state index contributed by atoms with van der Waals surface area (Å²) in [6.45, 7) is -0.307. The first-order valence-electron chi connectivity index (χ1n) is 10.4. The van der Waals surface area contributed by atoms with Crippen molar-refractivity contribution in [3.8, 4) is 17.2 Å². The highest BCUT2D eigenvalue weighted by atomic mass is 35.5. The van der Waals surface area contributed by atoms with E-state index in [-0.39, 0.29) is 12.3 Å². The van der Waals surface area contributed by atoms with E-state index in [4.69, 9.17) is 21.1 Å². The third-order valence-electron chi connectivity index (χ3n) is 4.64. The molecule has 7 heteroatoms. The van der Waals surface area contributed by atoms with Crippen LogP contribution in [0.3, 0.4) is 0 Å². The Bertz CT molecular complexity index is 1300. The number of nitrogens with one attached hydrogen (secondary N) is 1. The highest BCUT2D eigenvalue weighted by Crippen LogP contribution is 2.26. The predicted octanol–water partition coefficient (Wildman–Crippen LogP) is 7.04. The molecular formula is C27H20ClFN2O3. The molecule has 0 atom stereocenters. The smallest absolute Gasteiger partial charge is 0.262 e. The Morgan fingerprint density at radius 3 is 2.35 bits per heavy atom. The van der Waals surface area contributed by atoms with E-state index in [0.717, 1.165) is 17.0 Å². The summed E-state index contributed by atoms with van der Waals surface area (Å²) in [7, 11) is 0. The molecule has 0 aliphatic carbocycles. The van der Waals surface area contributed by atoms with Gasteiger partial charge in [0.05, 0.1) is 16.4 Å². The number of hydrogen-bond donors (Lipinski definition) is 1. The molecule has 0 aromatic heterocycles. The lowest BCUT2D eigenvalue weighted by molar-refractivity contribution is -0.118. The number of carbonyl (C=O) groups excluding carboxylic acids is 1. The molecule has 0 bridgehead atoms. The molecule has 0 aliphatic rings. The summed E-state index contributed by atoms with van der Waals surface area (Å²) in [5, 5.41) is 2.78. The fourth-order valence-electron chi connectivity index (χ4n) is 2.98. The normalized spacial score (nSPS) is 10.8. The number of amides is 1. The summed E-state index contributed by atoms with van der Waals surface area (Å²) in [5.74, 6) is 0.807. The van der Waals surface area contributed by atoms with Crippen molar-refractivity contribution >= 4 is 35.1 Å². The van der Waals surface area contributed by atoms with Crippen molar-refractivity contribution < 1.29 is 18.7 Å². The van der Waals surface area contributed by atoms with E-state index in [1.165, 1.54) is 12.1 Å². The third-order valence-corrected chi connectivity index (χ3v) is 4.94. The minimum absolute atomic E-state index is 0.0911. The molecule has 0 heterocycles. The molecule has 0 saturated carbocycles. The highest BCUT2D eigenvalue weighted by molar-refractivity contribution is 6.32. The molecule has 0 fully saturated rings. The van der Waals surface area contributed by atoms with Crippen molar-refractivity contribution in [2.45, 2.75) is 0 Å². The number of halogens is 2. The number of anilines is 1. The molecule has 4 aromatic carbocycles. The molecule has 170 valence electrons. The van der Waals surface area contributed by atoms with Gasteiger partial charge in [-0.1, -0.05) is 41.9 Å². The van der Waals surface area contributed by atoms with Gasteiger partial charge in [0.2, 0.25) is 0 Å². The van der Waals surface area contributed by atoms with E-state index < -0.39 is 11.7 Å². The Morgan fingerprint density at radius 2 is 1.62 bits per heavy atom. The van der Waals surface area contributed by atoms with Crippen LogP contribution in [0.15, 0.2) is 102 Å². The van der Waals surface area contributed by atoms with Crippen LogP contribution in [0.5, 0.6) is 17.2 Å². The van der Waals surface area contributed by atoms with Gasteiger partial charge >= 0.3 is 0 Å². The Kier molecular flexibility index (Phi) is 7.53. The third kappa shape index (κ3) is 6.43. The molecule has 4 rings (SSSR count). The lowest BCUT2D eigenvalue weighted by Gasteiger charge is -2.09. The molecule has 34 heavy (non-hydrogen) atoms. The quantitative estimate of drug-likeness (QED) is 0.278. The van der Waals surface area contributed by atoms with Gasteiger partial charge in [0.1, 0.15) is 23.1 Å². The second kappa shape index (κ2) is 11.1. The van der Waals surface area contributed by atoms with Crippen molar-refractivity contribution in [3.63, 3.8) is 0 Å². The van der Waals surface area contributed by atoms with E-state index >= 15 is 0 Å². The molecule has 0 unspecified atom stereocenters. The molecule has 4 aromatic rings. The van der Waals surface area contributed by atoms with Crippen molar-refractivity contribution in [2.75, 3.05) is 11.9 Å². The van der Waals surface area contributed by atoms with E-state index in [1.54, 1.807) is 36.5 Å². The van der Waals surface area contributed by atoms with Crippen LogP contribution in [0.4, 0.5) is 15.8 Å². The van der Waals surface area contributed by atoms with E-state index in [0.29, 0.717) is 16.5 Å². The minimum Gasteiger partial charge on any atom is -0.482 e. The molecular weight excluding hydrogens is 455 g/mol. The summed E-state index contributed by atoms with van der Waals surface area (Å²) < 4.78 is 24.9. The topological polar surface area (TPSA) is 59.9 Å². The average molecular weight is 475 g/mol. The van der Waals surface area contributed by atoms with Gasteiger partial charge in [-0.05, 0) is 72.3 Å². The van der Waals surface area contributed by atoms with Gasteiger partial charge in [-0.3, -0.25) is 9.79 Å². The van der Waals surface area contributed by atoms with Gasteiger partial charge in [0.25, 0.3) is 5.91 Å². The Hall–Kier alpha value is -4.16. The molecule has 1 N–H and O–H groups in total. The SMILES string of the molecule is O=C(COc1ccc(C=Nc2ccc(Oc3ccccc3)cc2)cc1Cl)Nc1ccccc1F. The van der Waals surface area contributed by atoms with Crippen LogP contribution in [0.2, 0.25) is 5.02 Å². The zero-order valence-electron chi connectivity index (χ0n) is 17.9. The summed E-state index contributed by atoms with van der Waals surface area (Å²) >= 11 is 6.28. The second-order valence-corrected chi connectivity index (χ2v) is 7.58. The summed E-state index contributed by atoms with van der Waals surface area (Å²) in [5.41, 5.74) is 1.60. The van der Waals surface area contributed by atoms with Crippen LogP contribution < -0.4 is 14.8 Å². The van der Waals surface area contributed by atoms with E-state index in [1.807, 2.05) is 54.6 Å². The first kappa shape index (κ1) is 23.0. The van der Waals surface area contributed by atoms with Crippen LogP contribution in [0, 0.1) is 5.82 Å². The monoisotopic (exact) mass is 474 g/mol. The van der Waals surface area contributed by atoms with Gasteiger partial charge in [-0.2, -0.15) is 0 Å². The standard InChI is InChI=1S/C27H20ClFN2O3/c28-23-16-19(10-15-26(23)33-18-27(32)31-25-9-5-4-8-24(25)29)17-30-20-11-13-22(14-12-20)34-21-6-2-1-3-7-21/h1-17H,18H2,(H,31,32). The average Bonchev–Trinajstić information content (AvgIpc) is 2.85.